The molecule has 6 heteroatoms. The minimum Gasteiger partial charge on any atom is -0.360 e. The highest BCUT2D eigenvalue weighted by Gasteiger charge is 2.43. The molecule has 2 fully saturated rings. The van der Waals surface area contributed by atoms with Gasteiger partial charge in [-0.05, 0) is 26.9 Å². The summed E-state index contributed by atoms with van der Waals surface area (Å²) in [7, 11) is 4.22. The van der Waals surface area contributed by atoms with Crippen LogP contribution >= 0.6 is 0 Å². The van der Waals surface area contributed by atoms with Gasteiger partial charge in [-0.1, -0.05) is 12.1 Å². The standard InChI is InChI=1S/C15H24N4O2/c1-15(4-5-15)13-8-12(17-21-13)14(20)16-9-11-10-18(2)6-7-19(11)3/h8,11H,4-7,9-10H2,1-3H3,(H,16,20). The van der Waals surface area contributed by atoms with Gasteiger partial charge < -0.3 is 14.7 Å². The molecular formula is C15H24N4O2. The van der Waals surface area contributed by atoms with Gasteiger partial charge in [0.1, 0.15) is 5.76 Å². The number of aromatic nitrogens is 1. The Morgan fingerprint density at radius 2 is 2.24 bits per heavy atom. The van der Waals surface area contributed by atoms with Gasteiger partial charge in [-0.2, -0.15) is 0 Å². The zero-order chi connectivity index (χ0) is 15.0. The summed E-state index contributed by atoms with van der Waals surface area (Å²) in [5, 5.41) is 6.88. The van der Waals surface area contributed by atoms with Crippen molar-refractivity contribution in [2.24, 2.45) is 0 Å². The number of hydrogen-bond acceptors (Lipinski definition) is 5. The molecule has 1 saturated carbocycles. The zero-order valence-electron chi connectivity index (χ0n) is 13.1. The van der Waals surface area contributed by atoms with Crippen LogP contribution < -0.4 is 5.32 Å². The zero-order valence-corrected chi connectivity index (χ0v) is 13.1. The molecule has 0 spiro atoms. The Morgan fingerprint density at radius 3 is 2.95 bits per heavy atom. The first-order chi connectivity index (χ1) is 9.98. The first-order valence-electron chi connectivity index (χ1n) is 7.62. The van der Waals surface area contributed by atoms with Crippen LogP contribution in [0.25, 0.3) is 0 Å². The maximum Gasteiger partial charge on any atom is 0.273 e. The highest BCUT2D eigenvalue weighted by molar-refractivity contribution is 5.92. The quantitative estimate of drug-likeness (QED) is 0.885. The summed E-state index contributed by atoms with van der Waals surface area (Å²) >= 11 is 0. The molecule has 2 aliphatic rings. The Bertz CT molecular complexity index is 523. The van der Waals surface area contributed by atoms with Crippen LogP contribution in [0, 0.1) is 0 Å². The van der Waals surface area contributed by atoms with Crippen molar-refractivity contribution in [1.82, 2.24) is 20.3 Å². The molecule has 1 unspecified atom stereocenters. The van der Waals surface area contributed by atoms with Crippen LogP contribution in [0.3, 0.4) is 0 Å². The van der Waals surface area contributed by atoms with E-state index < -0.39 is 0 Å². The van der Waals surface area contributed by atoms with E-state index in [1.807, 2.05) is 0 Å². The number of amides is 1. The highest BCUT2D eigenvalue weighted by atomic mass is 16.5. The minimum absolute atomic E-state index is 0.109. The molecule has 6 nitrogen and oxygen atoms in total. The molecule has 1 aliphatic carbocycles. The van der Waals surface area contributed by atoms with Crippen molar-refractivity contribution in [3.8, 4) is 0 Å². The molecule has 1 saturated heterocycles. The van der Waals surface area contributed by atoms with E-state index in [0.29, 0.717) is 18.3 Å². The summed E-state index contributed by atoms with van der Waals surface area (Å²) in [6.45, 7) is 5.86. The Labute approximate surface area is 125 Å². The molecule has 1 aliphatic heterocycles. The van der Waals surface area contributed by atoms with E-state index in [-0.39, 0.29) is 11.3 Å². The molecular weight excluding hydrogens is 268 g/mol. The van der Waals surface area contributed by atoms with Crippen LogP contribution in [0.2, 0.25) is 0 Å². The van der Waals surface area contributed by atoms with Crippen molar-refractivity contribution in [3.05, 3.63) is 17.5 Å². The predicted octanol–water partition coefficient (Wildman–Crippen LogP) is 0.702. The van der Waals surface area contributed by atoms with Crippen molar-refractivity contribution in [3.63, 3.8) is 0 Å². The summed E-state index contributed by atoms with van der Waals surface area (Å²) in [5.41, 5.74) is 0.502. The SMILES string of the molecule is CN1CCN(C)C(CNC(=O)c2cc(C3(C)CC3)on2)C1. The molecule has 2 heterocycles. The fraction of sp³-hybridized carbons (Fsp3) is 0.733. The van der Waals surface area contributed by atoms with E-state index in [1.165, 1.54) is 0 Å². The lowest BCUT2D eigenvalue weighted by molar-refractivity contribution is 0.0873. The van der Waals surface area contributed by atoms with E-state index in [2.05, 4.69) is 41.3 Å². The maximum atomic E-state index is 12.2. The molecule has 1 N–H and O–H groups in total. The Balaban J connectivity index is 1.55. The van der Waals surface area contributed by atoms with Crippen molar-refractivity contribution in [2.75, 3.05) is 40.3 Å². The van der Waals surface area contributed by atoms with Crippen LogP contribution in [-0.4, -0.2) is 67.2 Å². The minimum atomic E-state index is -0.143. The molecule has 1 aromatic heterocycles. The topological polar surface area (TPSA) is 61.6 Å². The van der Waals surface area contributed by atoms with Crippen LogP contribution in [0.15, 0.2) is 10.6 Å². The molecule has 21 heavy (non-hydrogen) atoms. The van der Waals surface area contributed by atoms with Gasteiger partial charge in [-0.25, -0.2) is 0 Å². The van der Waals surface area contributed by atoms with Crippen LogP contribution in [0.4, 0.5) is 0 Å². The van der Waals surface area contributed by atoms with E-state index in [1.54, 1.807) is 6.07 Å². The number of likely N-dealkylation sites (N-methyl/N-ethyl adjacent to an activating group) is 2. The lowest BCUT2D eigenvalue weighted by atomic mass is 10.1. The Morgan fingerprint density at radius 1 is 1.48 bits per heavy atom. The van der Waals surface area contributed by atoms with Crippen LogP contribution in [-0.2, 0) is 5.41 Å². The number of nitrogens with one attached hydrogen (secondary N) is 1. The number of hydrogen-bond donors (Lipinski definition) is 1. The monoisotopic (exact) mass is 292 g/mol. The summed E-state index contributed by atoms with van der Waals surface area (Å²) in [5.74, 6) is 0.693. The van der Waals surface area contributed by atoms with E-state index in [0.717, 1.165) is 38.2 Å². The van der Waals surface area contributed by atoms with E-state index in [4.69, 9.17) is 4.52 Å². The molecule has 1 aromatic rings. The van der Waals surface area contributed by atoms with Crippen molar-refractivity contribution < 1.29 is 9.32 Å². The van der Waals surface area contributed by atoms with Gasteiger partial charge in [0, 0.05) is 43.7 Å². The maximum absolute atomic E-state index is 12.2. The van der Waals surface area contributed by atoms with Gasteiger partial charge in [0.05, 0.1) is 0 Å². The number of rotatable bonds is 4. The number of carbonyl (C=O) groups excluding carboxylic acids is 1. The van der Waals surface area contributed by atoms with Gasteiger partial charge in [0.15, 0.2) is 5.69 Å². The van der Waals surface area contributed by atoms with Crippen LogP contribution in [0.5, 0.6) is 0 Å². The van der Waals surface area contributed by atoms with Gasteiger partial charge in [-0.3, -0.25) is 9.69 Å². The van der Waals surface area contributed by atoms with E-state index in [9.17, 15) is 4.79 Å². The van der Waals surface area contributed by atoms with Gasteiger partial charge >= 0.3 is 0 Å². The average Bonchev–Trinajstić information content (AvgIpc) is 3.02. The van der Waals surface area contributed by atoms with Crippen LogP contribution in [0.1, 0.15) is 36.0 Å². The summed E-state index contributed by atoms with van der Waals surface area (Å²) in [6.07, 6.45) is 2.23. The second kappa shape index (κ2) is 5.42. The number of carbonyl (C=O) groups is 1. The molecule has 1 amide bonds. The largest absolute Gasteiger partial charge is 0.360 e. The highest BCUT2D eigenvalue weighted by Crippen LogP contribution is 2.47. The molecule has 1 atom stereocenters. The third-order valence-corrected chi connectivity index (χ3v) is 4.82. The fourth-order valence-corrected chi connectivity index (χ4v) is 2.72. The Hall–Kier alpha value is -1.40. The van der Waals surface area contributed by atoms with Gasteiger partial charge in [-0.15, -0.1) is 0 Å². The average molecular weight is 292 g/mol. The second-order valence-electron chi connectivity index (χ2n) is 6.74. The number of nitrogens with zero attached hydrogens (tertiary/aromatic N) is 3. The lowest BCUT2D eigenvalue weighted by Crippen LogP contribution is -2.54. The fourth-order valence-electron chi connectivity index (χ4n) is 2.72. The number of piperazine rings is 1. The van der Waals surface area contributed by atoms with E-state index >= 15 is 0 Å². The van der Waals surface area contributed by atoms with Crippen molar-refractivity contribution >= 4 is 5.91 Å². The first kappa shape index (κ1) is 14.5. The predicted molar refractivity (Wildman–Crippen MR) is 79.3 cm³/mol. The summed E-state index contributed by atoms with van der Waals surface area (Å²) in [4.78, 5) is 16.8. The third-order valence-electron chi connectivity index (χ3n) is 4.82. The Kier molecular flexibility index (Phi) is 3.75. The molecule has 0 aromatic carbocycles. The first-order valence-corrected chi connectivity index (χ1v) is 7.62. The van der Waals surface area contributed by atoms with Gasteiger partial charge in [0.25, 0.3) is 5.91 Å². The van der Waals surface area contributed by atoms with Gasteiger partial charge in [0.2, 0.25) is 0 Å². The third kappa shape index (κ3) is 3.11. The lowest BCUT2D eigenvalue weighted by Gasteiger charge is -2.37. The molecule has 0 radical (unpaired) electrons. The normalized spacial score (nSPS) is 25.8. The summed E-state index contributed by atoms with van der Waals surface area (Å²) < 4.78 is 5.31. The molecule has 0 bridgehead atoms. The molecule has 3 rings (SSSR count). The van der Waals surface area contributed by atoms with Crippen molar-refractivity contribution in [1.29, 1.82) is 0 Å². The summed E-state index contributed by atoms with van der Waals surface area (Å²) in [6, 6.07) is 2.14. The molecule has 116 valence electrons. The smallest absolute Gasteiger partial charge is 0.273 e. The van der Waals surface area contributed by atoms with Crippen molar-refractivity contribution in [2.45, 2.75) is 31.2 Å². The second-order valence-corrected chi connectivity index (χ2v) is 6.74.